The summed E-state index contributed by atoms with van der Waals surface area (Å²) in [5.41, 5.74) is 4.79. The third kappa shape index (κ3) is 3.29. The minimum Gasteiger partial charge on any atom is -0.457 e. The van der Waals surface area contributed by atoms with Crippen LogP contribution in [0.15, 0.2) is 36.4 Å². The second-order valence-corrected chi connectivity index (χ2v) is 5.12. The van der Waals surface area contributed by atoms with Gasteiger partial charge in [0.1, 0.15) is 6.61 Å². The molecule has 0 heterocycles. The van der Waals surface area contributed by atoms with Crippen LogP contribution in [0, 0.1) is 32.1 Å². The zero-order chi connectivity index (χ0) is 15.4. The number of carbonyl (C=O) groups excluding carboxylic acids is 1. The molecule has 3 heteroatoms. The standard InChI is InChI=1S/C18H17NO2/c1-12-8-13(2)17(14(3)9-12)18(20)21-11-16-7-5-4-6-15(16)10-19/h4-9H,11H2,1-3H3. The number of carbonyl (C=O) groups is 1. The van der Waals surface area contributed by atoms with Gasteiger partial charge in [0, 0.05) is 5.56 Å². The molecule has 0 spiro atoms. The molecule has 0 amide bonds. The molecular weight excluding hydrogens is 262 g/mol. The summed E-state index contributed by atoms with van der Waals surface area (Å²) < 4.78 is 5.37. The fourth-order valence-corrected chi connectivity index (χ4v) is 2.47. The Bertz CT molecular complexity index is 703. The lowest BCUT2D eigenvalue weighted by Gasteiger charge is -2.11. The molecule has 0 fully saturated rings. The first kappa shape index (κ1) is 14.8. The number of rotatable bonds is 3. The van der Waals surface area contributed by atoms with Crippen LogP contribution in [0.3, 0.4) is 0 Å². The van der Waals surface area contributed by atoms with Crippen molar-refractivity contribution in [2.45, 2.75) is 27.4 Å². The molecule has 0 saturated heterocycles. The van der Waals surface area contributed by atoms with Crippen LogP contribution in [0.1, 0.15) is 38.2 Å². The Labute approximate surface area is 124 Å². The SMILES string of the molecule is Cc1cc(C)c(C(=O)OCc2ccccc2C#N)c(C)c1. The molecule has 0 aliphatic rings. The second kappa shape index (κ2) is 6.23. The van der Waals surface area contributed by atoms with Gasteiger partial charge in [-0.1, -0.05) is 35.9 Å². The predicted octanol–water partition coefficient (Wildman–Crippen LogP) is 3.84. The van der Waals surface area contributed by atoms with Crippen LogP contribution in [-0.2, 0) is 11.3 Å². The van der Waals surface area contributed by atoms with Crippen LogP contribution in [0.4, 0.5) is 0 Å². The van der Waals surface area contributed by atoms with Gasteiger partial charge >= 0.3 is 5.97 Å². The van der Waals surface area contributed by atoms with Crippen molar-refractivity contribution < 1.29 is 9.53 Å². The van der Waals surface area contributed by atoms with E-state index in [9.17, 15) is 4.79 Å². The summed E-state index contributed by atoms with van der Waals surface area (Å²) in [5.74, 6) is -0.349. The molecule has 0 radical (unpaired) electrons. The molecule has 0 aromatic heterocycles. The van der Waals surface area contributed by atoms with E-state index in [0.717, 1.165) is 22.3 Å². The molecule has 2 rings (SSSR count). The summed E-state index contributed by atoms with van der Waals surface area (Å²) in [6, 6.07) is 13.1. The van der Waals surface area contributed by atoms with E-state index in [4.69, 9.17) is 10.00 Å². The Morgan fingerprint density at radius 2 is 1.76 bits per heavy atom. The van der Waals surface area contributed by atoms with Crippen molar-refractivity contribution >= 4 is 5.97 Å². The van der Waals surface area contributed by atoms with Crippen molar-refractivity contribution in [2.24, 2.45) is 0 Å². The number of hydrogen-bond acceptors (Lipinski definition) is 3. The van der Waals surface area contributed by atoms with Crippen LogP contribution < -0.4 is 0 Å². The summed E-state index contributed by atoms with van der Waals surface area (Å²) in [6.45, 7) is 5.91. The summed E-state index contributed by atoms with van der Waals surface area (Å²) in [6.07, 6.45) is 0. The average molecular weight is 279 g/mol. The minimum atomic E-state index is -0.349. The van der Waals surface area contributed by atoms with E-state index in [2.05, 4.69) is 6.07 Å². The van der Waals surface area contributed by atoms with Gasteiger partial charge in [0.25, 0.3) is 0 Å². The normalized spacial score (nSPS) is 10.0. The maximum atomic E-state index is 12.3. The lowest BCUT2D eigenvalue weighted by molar-refractivity contribution is 0.0471. The lowest BCUT2D eigenvalue weighted by atomic mass is 10.00. The molecule has 106 valence electrons. The fourth-order valence-electron chi connectivity index (χ4n) is 2.47. The molecule has 0 aliphatic carbocycles. The van der Waals surface area contributed by atoms with Gasteiger partial charge in [0.2, 0.25) is 0 Å². The van der Waals surface area contributed by atoms with Gasteiger partial charge in [0.05, 0.1) is 17.2 Å². The van der Waals surface area contributed by atoms with E-state index in [-0.39, 0.29) is 12.6 Å². The van der Waals surface area contributed by atoms with E-state index < -0.39 is 0 Å². The van der Waals surface area contributed by atoms with Crippen LogP contribution >= 0.6 is 0 Å². The van der Waals surface area contributed by atoms with E-state index in [0.29, 0.717) is 11.1 Å². The Balaban J connectivity index is 2.18. The topological polar surface area (TPSA) is 50.1 Å². The first-order valence-electron chi connectivity index (χ1n) is 6.76. The highest BCUT2D eigenvalue weighted by molar-refractivity contribution is 5.92. The van der Waals surface area contributed by atoms with Crippen molar-refractivity contribution in [3.63, 3.8) is 0 Å². The number of ether oxygens (including phenoxy) is 1. The Kier molecular flexibility index (Phi) is 4.39. The van der Waals surface area contributed by atoms with Crippen LogP contribution in [0.5, 0.6) is 0 Å². The maximum absolute atomic E-state index is 12.3. The summed E-state index contributed by atoms with van der Waals surface area (Å²) in [5, 5.41) is 9.03. The fraction of sp³-hybridized carbons (Fsp3) is 0.222. The summed E-state index contributed by atoms with van der Waals surface area (Å²) >= 11 is 0. The van der Waals surface area contributed by atoms with Crippen molar-refractivity contribution in [3.8, 4) is 6.07 Å². The number of nitriles is 1. The highest BCUT2D eigenvalue weighted by Crippen LogP contribution is 2.18. The number of nitrogens with zero attached hydrogens (tertiary/aromatic N) is 1. The molecule has 0 atom stereocenters. The van der Waals surface area contributed by atoms with E-state index in [1.165, 1.54) is 0 Å². The molecule has 0 unspecified atom stereocenters. The average Bonchev–Trinajstić information content (AvgIpc) is 2.44. The van der Waals surface area contributed by atoms with Crippen LogP contribution in [0.25, 0.3) is 0 Å². The van der Waals surface area contributed by atoms with Crippen molar-refractivity contribution in [1.82, 2.24) is 0 Å². The monoisotopic (exact) mass is 279 g/mol. The summed E-state index contributed by atoms with van der Waals surface area (Å²) in [4.78, 5) is 12.3. The number of hydrogen-bond donors (Lipinski definition) is 0. The van der Waals surface area contributed by atoms with E-state index in [1.54, 1.807) is 18.2 Å². The molecular formula is C18H17NO2. The highest BCUT2D eigenvalue weighted by atomic mass is 16.5. The summed E-state index contributed by atoms with van der Waals surface area (Å²) in [7, 11) is 0. The molecule has 21 heavy (non-hydrogen) atoms. The van der Waals surface area contributed by atoms with Crippen molar-refractivity contribution in [2.75, 3.05) is 0 Å². The zero-order valence-electron chi connectivity index (χ0n) is 12.4. The van der Waals surface area contributed by atoms with Crippen molar-refractivity contribution in [1.29, 1.82) is 5.26 Å². The second-order valence-electron chi connectivity index (χ2n) is 5.12. The van der Waals surface area contributed by atoms with Gasteiger partial charge in [-0.15, -0.1) is 0 Å². The van der Waals surface area contributed by atoms with E-state index in [1.807, 2.05) is 39.0 Å². The third-order valence-electron chi connectivity index (χ3n) is 3.38. The minimum absolute atomic E-state index is 0.106. The van der Waals surface area contributed by atoms with E-state index >= 15 is 0 Å². The molecule has 0 N–H and O–H groups in total. The largest absolute Gasteiger partial charge is 0.457 e. The number of benzene rings is 2. The Morgan fingerprint density at radius 1 is 1.14 bits per heavy atom. The molecule has 2 aromatic carbocycles. The van der Waals surface area contributed by atoms with Gasteiger partial charge in [-0.05, 0) is 38.0 Å². The molecule has 0 saturated carbocycles. The Morgan fingerprint density at radius 3 is 2.38 bits per heavy atom. The molecule has 2 aromatic rings. The van der Waals surface area contributed by atoms with Gasteiger partial charge in [-0.25, -0.2) is 4.79 Å². The molecule has 0 aliphatic heterocycles. The first-order valence-corrected chi connectivity index (χ1v) is 6.76. The zero-order valence-corrected chi connectivity index (χ0v) is 12.4. The van der Waals surface area contributed by atoms with Gasteiger partial charge in [-0.3, -0.25) is 0 Å². The van der Waals surface area contributed by atoms with Crippen molar-refractivity contribution in [3.05, 3.63) is 69.8 Å². The quantitative estimate of drug-likeness (QED) is 0.802. The highest BCUT2D eigenvalue weighted by Gasteiger charge is 2.15. The van der Waals surface area contributed by atoms with Crippen LogP contribution in [0.2, 0.25) is 0 Å². The Hall–Kier alpha value is -2.60. The van der Waals surface area contributed by atoms with Gasteiger partial charge < -0.3 is 4.74 Å². The van der Waals surface area contributed by atoms with Crippen LogP contribution in [-0.4, -0.2) is 5.97 Å². The van der Waals surface area contributed by atoms with Gasteiger partial charge in [-0.2, -0.15) is 5.26 Å². The number of esters is 1. The predicted molar refractivity (Wildman–Crippen MR) is 80.9 cm³/mol. The smallest absolute Gasteiger partial charge is 0.339 e. The molecule has 0 bridgehead atoms. The number of aryl methyl sites for hydroxylation is 3. The van der Waals surface area contributed by atoms with Gasteiger partial charge in [0.15, 0.2) is 0 Å². The maximum Gasteiger partial charge on any atom is 0.339 e. The third-order valence-corrected chi connectivity index (χ3v) is 3.38. The molecule has 3 nitrogen and oxygen atoms in total. The lowest BCUT2D eigenvalue weighted by Crippen LogP contribution is -2.10. The first-order chi connectivity index (χ1) is 10.0.